The van der Waals surface area contributed by atoms with E-state index in [9.17, 15) is 9.59 Å². The van der Waals surface area contributed by atoms with Crippen LogP contribution in [0, 0.1) is 0 Å². The van der Waals surface area contributed by atoms with Crippen molar-refractivity contribution in [1.82, 2.24) is 0 Å². The van der Waals surface area contributed by atoms with E-state index in [1.54, 1.807) is 60.7 Å². The maximum absolute atomic E-state index is 12.5. The highest BCUT2D eigenvalue weighted by Gasteiger charge is 2.15. The van der Waals surface area contributed by atoms with E-state index in [1.165, 1.54) is 6.07 Å². The van der Waals surface area contributed by atoms with Gasteiger partial charge in [0.2, 0.25) is 0 Å². The van der Waals surface area contributed by atoms with Crippen LogP contribution in [0.2, 0.25) is 0 Å². The Morgan fingerprint density at radius 1 is 0.778 bits per heavy atom. The van der Waals surface area contributed by atoms with Gasteiger partial charge in [-0.2, -0.15) is 0 Å². The number of carbonyl (C=O) groups excluding carboxylic acids is 2. The van der Waals surface area contributed by atoms with Gasteiger partial charge in [0.25, 0.3) is 0 Å². The maximum atomic E-state index is 12.5. The fourth-order valence-corrected chi connectivity index (χ4v) is 2.51. The number of carbonyl (C=O) groups is 2. The summed E-state index contributed by atoms with van der Waals surface area (Å²) in [5, 5.41) is 0. The smallest absolute Gasteiger partial charge is 0.343 e. The zero-order chi connectivity index (χ0) is 19.1. The molecule has 0 aliphatic heterocycles. The molecule has 0 saturated carbocycles. The van der Waals surface area contributed by atoms with Crippen molar-refractivity contribution in [1.29, 1.82) is 0 Å². The van der Waals surface area contributed by atoms with E-state index in [2.05, 4.69) is 6.58 Å². The zero-order valence-corrected chi connectivity index (χ0v) is 14.6. The van der Waals surface area contributed by atoms with Crippen LogP contribution < -0.4 is 9.47 Å². The third-order valence-corrected chi connectivity index (χ3v) is 3.83. The van der Waals surface area contributed by atoms with Gasteiger partial charge >= 0.3 is 11.9 Å². The van der Waals surface area contributed by atoms with E-state index in [1.807, 2.05) is 18.2 Å². The quantitative estimate of drug-likeness (QED) is 0.359. The first-order valence-electron chi connectivity index (χ1n) is 8.45. The van der Waals surface area contributed by atoms with Crippen molar-refractivity contribution in [3.8, 4) is 11.5 Å². The molecule has 0 bridgehead atoms. The molecule has 0 aliphatic rings. The minimum Gasteiger partial charge on any atom is -0.423 e. The molecule has 0 unspecified atom stereocenters. The van der Waals surface area contributed by atoms with Gasteiger partial charge < -0.3 is 9.47 Å². The second-order valence-corrected chi connectivity index (χ2v) is 5.77. The summed E-state index contributed by atoms with van der Waals surface area (Å²) in [4.78, 5) is 24.8. The molecule has 134 valence electrons. The molecule has 0 amide bonds. The van der Waals surface area contributed by atoms with Crippen LogP contribution >= 0.6 is 0 Å². The van der Waals surface area contributed by atoms with Crippen molar-refractivity contribution >= 4 is 11.9 Å². The molecule has 0 atom stereocenters. The molecule has 4 nitrogen and oxygen atoms in total. The Morgan fingerprint density at radius 3 is 2.11 bits per heavy atom. The zero-order valence-electron chi connectivity index (χ0n) is 14.6. The fourth-order valence-electron chi connectivity index (χ4n) is 2.51. The maximum Gasteiger partial charge on any atom is 0.343 e. The number of hydrogen-bond acceptors (Lipinski definition) is 4. The summed E-state index contributed by atoms with van der Waals surface area (Å²) < 4.78 is 10.8. The molecule has 3 aromatic carbocycles. The third kappa shape index (κ3) is 4.70. The molecule has 27 heavy (non-hydrogen) atoms. The Kier molecular flexibility index (Phi) is 5.80. The van der Waals surface area contributed by atoms with Crippen LogP contribution in [-0.2, 0) is 6.42 Å². The highest BCUT2D eigenvalue weighted by atomic mass is 16.5. The van der Waals surface area contributed by atoms with Crippen molar-refractivity contribution < 1.29 is 19.1 Å². The molecule has 0 fully saturated rings. The van der Waals surface area contributed by atoms with Gasteiger partial charge in [0.1, 0.15) is 11.5 Å². The second kappa shape index (κ2) is 8.63. The number of para-hydroxylation sites is 2. The summed E-state index contributed by atoms with van der Waals surface area (Å²) in [6.07, 6.45) is 2.33. The van der Waals surface area contributed by atoms with E-state index >= 15 is 0 Å². The van der Waals surface area contributed by atoms with Gasteiger partial charge in [-0.05, 0) is 48.4 Å². The Morgan fingerprint density at radius 2 is 1.41 bits per heavy atom. The van der Waals surface area contributed by atoms with Gasteiger partial charge in [0.15, 0.2) is 0 Å². The molecule has 0 aliphatic carbocycles. The Hall–Kier alpha value is -3.66. The van der Waals surface area contributed by atoms with E-state index in [0.717, 1.165) is 5.56 Å². The monoisotopic (exact) mass is 358 g/mol. The van der Waals surface area contributed by atoms with E-state index in [0.29, 0.717) is 17.9 Å². The topological polar surface area (TPSA) is 52.6 Å². The fraction of sp³-hybridized carbons (Fsp3) is 0.0435. The minimum absolute atomic E-state index is 0.269. The molecule has 3 rings (SSSR count). The highest BCUT2D eigenvalue weighted by molar-refractivity contribution is 5.96. The predicted octanol–water partition coefficient (Wildman–Crippen LogP) is 4.85. The molecule has 0 saturated heterocycles. The lowest BCUT2D eigenvalue weighted by Crippen LogP contribution is -2.13. The first-order valence-corrected chi connectivity index (χ1v) is 8.45. The SMILES string of the molecule is C=CCc1ccccc1OC(=O)c1cccc(C(=O)Oc2ccccc2)c1. The normalized spacial score (nSPS) is 10.1. The molecule has 0 radical (unpaired) electrons. The average Bonchev–Trinajstić information content (AvgIpc) is 2.70. The van der Waals surface area contributed by atoms with Crippen molar-refractivity contribution in [3.63, 3.8) is 0 Å². The van der Waals surface area contributed by atoms with Crippen molar-refractivity contribution in [2.24, 2.45) is 0 Å². The summed E-state index contributed by atoms with van der Waals surface area (Å²) in [7, 11) is 0. The highest BCUT2D eigenvalue weighted by Crippen LogP contribution is 2.21. The van der Waals surface area contributed by atoms with Gasteiger partial charge in [0, 0.05) is 0 Å². The Bertz CT molecular complexity index is 961. The van der Waals surface area contributed by atoms with E-state index < -0.39 is 11.9 Å². The van der Waals surface area contributed by atoms with Crippen LogP contribution in [0.1, 0.15) is 26.3 Å². The summed E-state index contributed by atoms with van der Waals surface area (Å²) in [6, 6.07) is 22.3. The van der Waals surface area contributed by atoms with Crippen molar-refractivity contribution in [3.05, 3.63) is 108 Å². The molecule has 0 heterocycles. The predicted molar refractivity (Wildman–Crippen MR) is 103 cm³/mol. The Balaban J connectivity index is 1.76. The van der Waals surface area contributed by atoms with E-state index in [4.69, 9.17) is 9.47 Å². The molecular formula is C23H18O4. The summed E-state index contributed by atoms with van der Waals surface area (Å²) in [5.41, 5.74) is 1.40. The van der Waals surface area contributed by atoms with Crippen LogP contribution in [0.25, 0.3) is 0 Å². The van der Waals surface area contributed by atoms with Crippen LogP contribution in [0.15, 0.2) is 91.5 Å². The molecule has 4 heteroatoms. The first-order chi connectivity index (χ1) is 13.2. The van der Waals surface area contributed by atoms with Gasteiger partial charge in [0.05, 0.1) is 11.1 Å². The molecule has 3 aromatic rings. The molecular weight excluding hydrogens is 340 g/mol. The summed E-state index contributed by atoms with van der Waals surface area (Å²) in [6.45, 7) is 3.71. The van der Waals surface area contributed by atoms with Crippen LogP contribution in [0.3, 0.4) is 0 Å². The minimum atomic E-state index is -0.541. The largest absolute Gasteiger partial charge is 0.423 e. The van der Waals surface area contributed by atoms with Crippen LogP contribution in [-0.4, -0.2) is 11.9 Å². The van der Waals surface area contributed by atoms with E-state index in [-0.39, 0.29) is 11.1 Å². The third-order valence-electron chi connectivity index (χ3n) is 3.83. The second-order valence-electron chi connectivity index (χ2n) is 5.77. The summed E-state index contributed by atoms with van der Waals surface area (Å²) >= 11 is 0. The number of benzene rings is 3. The number of allylic oxidation sites excluding steroid dienone is 1. The lowest BCUT2D eigenvalue weighted by Gasteiger charge is -2.09. The Labute approximate surface area is 157 Å². The van der Waals surface area contributed by atoms with Gasteiger partial charge in [-0.3, -0.25) is 0 Å². The number of hydrogen-bond donors (Lipinski definition) is 0. The molecule has 0 N–H and O–H groups in total. The van der Waals surface area contributed by atoms with Crippen molar-refractivity contribution in [2.45, 2.75) is 6.42 Å². The standard InChI is InChI=1S/C23H18O4/c1-2-9-17-10-6-7-15-21(17)27-23(25)19-12-8-11-18(16-19)22(24)26-20-13-4-3-5-14-20/h2-8,10-16H,1,9H2. The summed E-state index contributed by atoms with van der Waals surface area (Å²) in [5.74, 6) is -0.169. The molecule has 0 spiro atoms. The van der Waals surface area contributed by atoms with Crippen LogP contribution in [0.4, 0.5) is 0 Å². The average molecular weight is 358 g/mol. The van der Waals surface area contributed by atoms with Gasteiger partial charge in [-0.1, -0.05) is 48.5 Å². The lowest BCUT2D eigenvalue weighted by molar-refractivity contribution is 0.0733. The lowest BCUT2D eigenvalue weighted by atomic mass is 10.1. The number of rotatable bonds is 6. The van der Waals surface area contributed by atoms with Gasteiger partial charge in [-0.25, -0.2) is 9.59 Å². The molecule has 0 aromatic heterocycles. The number of ether oxygens (including phenoxy) is 2. The number of esters is 2. The van der Waals surface area contributed by atoms with Crippen LogP contribution in [0.5, 0.6) is 11.5 Å². The van der Waals surface area contributed by atoms with Gasteiger partial charge in [-0.15, -0.1) is 6.58 Å². The van der Waals surface area contributed by atoms with Crippen molar-refractivity contribution in [2.75, 3.05) is 0 Å². The first kappa shape index (κ1) is 18.1.